The Labute approximate surface area is 71.9 Å². The first-order valence-electron chi connectivity index (χ1n) is 4.18. The zero-order chi connectivity index (χ0) is 8.97. The van der Waals surface area contributed by atoms with E-state index < -0.39 is 0 Å². The number of nitro groups is 1. The van der Waals surface area contributed by atoms with Crippen LogP contribution in [0, 0.1) is 16.0 Å². The number of allylic oxidation sites excluding steroid dienone is 3. The lowest BCUT2D eigenvalue weighted by Crippen LogP contribution is -2.11. The lowest BCUT2D eigenvalue weighted by molar-refractivity contribution is -0.430. The molecule has 0 aromatic heterocycles. The van der Waals surface area contributed by atoms with Gasteiger partial charge >= 0.3 is 0 Å². The van der Waals surface area contributed by atoms with Crippen LogP contribution in [0.4, 0.5) is 0 Å². The molecule has 0 aromatic rings. The smallest absolute Gasteiger partial charge is 0.242 e. The Hall–Kier alpha value is -1.12. The van der Waals surface area contributed by atoms with E-state index in [0.717, 1.165) is 19.3 Å². The topological polar surface area (TPSA) is 43.1 Å². The van der Waals surface area contributed by atoms with Crippen LogP contribution in [0.1, 0.15) is 25.7 Å². The molecule has 0 radical (unpaired) electrons. The number of nitrogens with zero attached hydrogens (tertiary/aromatic N) is 1. The van der Waals surface area contributed by atoms with Gasteiger partial charge in [0.15, 0.2) is 0 Å². The van der Waals surface area contributed by atoms with Crippen LogP contribution in [0.25, 0.3) is 0 Å². The van der Waals surface area contributed by atoms with Crippen molar-refractivity contribution in [2.75, 3.05) is 0 Å². The monoisotopic (exact) mass is 167 g/mol. The van der Waals surface area contributed by atoms with Crippen LogP contribution in [-0.4, -0.2) is 4.92 Å². The minimum atomic E-state index is -0.269. The third-order valence-corrected chi connectivity index (χ3v) is 2.19. The first-order valence-corrected chi connectivity index (χ1v) is 4.18. The molecule has 0 amide bonds. The van der Waals surface area contributed by atoms with E-state index in [2.05, 4.69) is 6.58 Å². The Morgan fingerprint density at radius 1 is 1.83 bits per heavy atom. The fraction of sp³-hybridized carbons (Fsp3) is 0.556. The maximum Gasteiger partial charge on any atom is 0.242 e. The Morgan fingerprint density at radius 3 is 3.17 bits per heavy atom. The summed E-state index contributed by atoms with van der Waals surface area (Å²) in [6.45, 7) is 3.64. The average molecular weight is 167 g/mol. The van der Waals surface area contributed by atoms with E-state index in [-0.39, 0.29) is 4.92 Å². The van der Waals surface area contributed by atoms with Gasteiger partial charge in [-0.2, -0.15) is 0 Å². The summed E-state index contributed by atoms with van der Waals surface area (Å²) in [4.78, 5) is 10.1. The molecule has 1 atom stereocenters. The molecule has 0 N–H and O–H groups in total. The lowest BCUT2D eigenvalue weighted by atomic mass is 9.90. The summed E-state index contributed by atoms with van der Waals surface area (Å²) in [5, 5.41) is 10.4. The number of hydrogen-bond acceptors (Lipinski definition) is 2. The number of hydrogen-bond donors (Lipinski definition) is 0. The van der Waals surface area contributed by atoms with Crippen LogP contribution >= 0.6 is 0 Å². The highest BCUT2D eigenvalue weighted by Gasteiger charge is 2.21. The van der Waals surface area contributed by atoms with Crippen LogP contribution in [0.3, 0.4) is 0 Å². The zero-order valence-corrected chi connectivity index (χ0v) is 7.03. The van der Waals surface area contributed by atoms with Gasteiger partial charge in [0.25, 0.3) is 0 Å². The lowest BCUT2D eigenvalue weighted by Gasteiger charge is -2.15. The molecule has 0 unspecified atom stereocenters. The zero-order valence-electron chi connectivity index (χ0n) is 7.03. The maximum atomic E-state index is 10.4. The summed E-state index contributed by atoms with van der Waals surface area (Å²) >= 11 is 0. The first-order chi connectivity index (χ1) is 5.74. The Bertz CT molecular complexity index is 221. The molecule has 1 aliphatic rings. The predicted octanol–water partition coefficient (Wildman–Crippen LogP) is 2.52. The molecule has 0 spiro atoms. The fourth-order valence-electron chi connectivity index (χ4n) is 1.55. The van der Waals surface area contributed by atoms with E-state index in [1.54, 1.807) is 6.08 Å². The second kappa shape index (κ2) is 4.04. The molecule has 0 bridgehead atoms. The molecule has 1 aliphatic carbocycles. The van der Waals surface area contributed by atoms with E-state index in [1.165, 1.54) is 0 Å². The molecule has 12 heavy (non-hydrogen) atoms. The molecule has 66 valence electrons. The predicted molar refractivity (Wildman–Crippen MR) is 47.2 cm³/mol. The molecule has 1 rings (SSSR count). The van der Waals surface area contributed by atoms with Gasteiger partial charge < -0.3 is 0 Å². The van der Waals surface area contributed by atoms with Crippen molar-refractivity contribution in [3.63, 3.8) is 0 Å². The van der Waals surface area contributed by atoms with Gasteiger partial charge in [0.1, 0.15) is 0 Å². The third-order valence-electron chi connectivity index (χ3n) is 2.19. The van der Waals surface area contributed by atoms with Crippen molar-refractivity contribution in [2.24, 2.45) is 5.92 Å². The SMILES string of the molecule is C=CC[C@@H]1CCC=C([N+](=O)[O-])C1. The highest BCUT2D eigenvalue weighted by molar-refractivity contribution is 4.99. The van der Waals surface area contributed by atoms with Crippen LogP contribution in [0.5, 0.6) is 0 Å². The van der Waals surface area contributed by atoms with Crippen molar-refractivity contribution in [3.05, 3.63) is 34.5 Å². The molecule has 0 saturated carbocycles. The minimum absolute atomic E-state index is 0.269. The quantitative estimate of drug-likeness (QED) is 0.368. The molecule has 0 fully saturated rings. The second-order valence-corrected chi connectivity index (χ2v) is 3.12. The standard InChI is InChI=1S/C9H13NO2/c1-2-4-8-5-3-6-9(7-8)10(11)12/h2,6,8H,1,3-5,7H2/t8-/m1/s1. The highest BCUT2D eigenvalue weighted by atomic mass is 16.6. The first kappa shape index (κ1) is 8.97. The molecule has 0 aromatic carbocycles. The van der Waals surface area contributed by atoms with Crippen molar-refractivity contribution in [3.8, 4) is 0 Å². The molecular formula is C9H13NO2. The van der Waals surface area contributed by atoms with Gasteiger partial charge in [0, 0.05) is 6.42 Å². The summed E-state index contributed by atoms with van der Waals surface area (Å²) in [7, 11) is 0. The van der Waals surface area contributed by atoms with Crippen molar-refractivity contribution < 1.29 is 4.92 Å². The fourth-order valence-corrected chi connectivity index (χ4v) is 1.55. The maximum absolute atomic E-state index is 10.4. The Balaban J connectivity index is 2.53. The molecule has 0 heterocycles. The molecule has 3 nitrogen and oxygen atoms in total. The van der Waals surface area contributed by atoms with Crippen LogP contribution in [-0.2, 0) is 0 Å². The molecule has 0 aliphatic heterocycles. The van der Waals surface area contributed by atoms with Crippen molar-refractivity contribution in [1.82, 2.24) is 0 Å². The van der Waals surface area contributed by atoms with Gasteiger partial charge in [-0.05, 0) is 31.3 Å². The summed E-state index contributed by atoms with van der Waals surface area (Å²) in [5.41, 5.74) is 0.383. The minimum Gasteiger partial charge on any atom is -0.259 e. The van der Waals surface area contributed by atoms with E-state index in [0.29, 0.717) is 18.0 Å². The average Bonchev–Trinajstić information content (AvgIpc) is 2.05. The largest absolute Gasteiger partial charge is 0.259 e. The summed E-state index contributed by atoms with van der Waals surface area (Å²) in [6, 6.07) is 0. The summed E-state index contributed by atoms with van der Waals surface area (Å²) in [5.74, 6) is 0.438. The summed E-state index contributed by atoms with van der Waals surface area (Å²) < 4.78 is 0. The van der Waals surface area contributed by atoms with E-state index >= 15 is 0 Å². The van der Waals surface area contributed by atoms with E-state index in [4.69, 9.17) is 0 Å². The van der Waals surface area contributed by atoms with Crippen molar-refractivity contribution in [1.29, 1.82) is 0 Å². The van der Waals surface area contributed by atoms with Gasteiger partial charge in [-0.15, -0.1) is 6.58 Å². The molecule has 0 saturated heterocycles. The van der Waals surface area contributed by atoms with Gasteiger partial charge in [0.2, 0.25) is 5.70 Å². The van der Waals surface area contributed by atoms with Gasteiger partial charge in [-0.25, -0.2) is 0 Å². The Morgan fingerprint density at radius 2 is 2.58 bits per heavy atom. The van der Waals surface area contributed by atoms with Gasteiger partial charge in [-0.3, -0.25) is 10.1 Å². The molecular weight excluding hydrogens is 154 g/mol. The third kappa shape index (κ3) is 2.19. The van der Waals surface area contributed by atoms with Crippen LogP contribution in [0.2, 0.25) is 0 Å². The number of rotatable bonds is 3. The van der Waals surface area contributed by atoms with Crippen LogP contribution < -0.4 is 0 Å². The van der Waals surface area contributed by atoms with Gasteiger partial charge in [-0.1, -0.05) is 6.08 Å². The molecule has 3 heteroatoms. The van der Waals surface area contributed by atoms with E-state index in [9.17, 15) is 10.1 Å². The van der Waals surface area contributed by atoms with Crippen molar-refractivity contribution >= 4 is 0 Å². The highest BCUT2D eigenvalue weighted by Crippen LogP contribution is 2.26. The van der Waals surface area contributed by atoms with Crippen LogP contribution in [0.15, 0.2) is 24.4 Å². The van der Waals surface area contributed by atoms with Gasteiger partial charge in [0.05, 0.1) is 4.92 Å². The Kier molecular flexibility index (Phi) is 3.02. The van der Waals surface area contributed by atoms with E-state index in [1.807, 2.05) is 6.08 Å². The summed E-state index contributed by atoms with van der Waals surface area (Å²) in [6.07, 6.45) is 6.98. The van der Waals surface area contributed by atoms with Crippen molar-refractivity contribution in [2.45, 2.75) is 25.7 Å². The normalized spacial score (nSPS) is 23.0. The second-order valence-electron chi connectivity index (χ2n) is 3.12.